The highest BCUT2D eigenvalue weighted by Crippen LogP contribution is 2.31. The fourth-order valence-corrected chi connectivity index (χ4v) is 2.28. The molecule has 0 radical (unpaired) electrons. The molecule has 2 rings (SSSR count). The average molecular weight is 235 g/mol. The summed E-state index contributed by atoms with van der Waals surface area (Å²) in [5.74, 6) is 0.998. The molecule has 0 saturated carbocycles. The third-order valence-electron chi connectivity index (χ3n) is 3.68. The van der Waals surface area contributed by atoms with E-state index >= 15 is 0 Å². The van der Waals surface area contributed by atoms with Crippen molar-refractivity contribution in [3.05, 3.63) is 22.2 Å². The van der Waals surface area contributed by atoms with E-state index < -0.39 is 0 Å². The second-order valence-electron chi connectivity index (χ2n) is 5.75. The summed E-state index contributed by atoms with van der Waals surface area (Å²) in [5, 5.41) is 0. The van der Waals surface area contributed by atoms with E-state index in [2.05, 4.69) is 23.7 Å². The van der Waals surface area contributed by atoms with Crippen molar-refractivity contribution in [1.29, 1.82) is 0 Å². The van der Waals surface area contributed by atoms with Crippen molar-refractivity contribution in [3.63, 3.8) is 0 Å². The van der Waals surface area contributed by atoms with Crippen LogP contribution in [0.2, 0.25) is 0 Å². The number of aromatic nitrogens is 2. The molecular formula is C13H21N3O. The molecule has 1 saturated heterocycles. The van der Waals surface area contributed by atoms with E-state index in [4.69, 9.17) is 0 Å². The predicted octanol–water partition coefficient (Wildman–Crippen LogP) is 1.72. The van der Waals surface area contributed by atoms with Crippen molar-refractivity contribution in [3.8, 4) is 0 Å². The summed E-state index contributed by atoms with van der Waals surface area (Å²) in [7, 11) is 1.80. The van der Waals surface area contributed by atoms with Crippen LogP contribution in [0.4, 0.5) is 5.82 Å². The van der Waals surface area contributed by atoms with Gasteiger partial charge in [0.25, 0.3) is 0 Å². The SMILES string of the molecule is Cc1cc(N2CCC(C)(C)CC2)n(C)c(=O)n1. The molecule has 0 spiro atoms. The molecule has 1 aromatic heterocycles. The molecule has 0 bridgehead atoms. The monoisotopic (exact) mass is 235 g/mol. The van der Waals surface area contributed by atoms with Gasteiger partial charge in [0.1, 0.15) is 5.82 Å². The molecule has 0 aliphatic carbocycles. The number of anilines is 1. The fourth-order valence-electron chi connectivity index (χ4n) is 2.28. The molecule has 1 aliphatic heterocycles. The van der Waals surface area contributed by atoms with Crippen LogP contribution >= 0.6 is 0 Å². The van der Waals surface area contributed by atoms with Gasteiger partial charge in [0, 0.05) is 31.9 Å². The van der Waals surface area contributed by atoms with Crippen LogP contribution in [0, 0.1) is 12.3 Å². The first-order valence-electron chi connectivity index (χ1n) is 6.19. The average Bonchev–Trinajstić information content (AvgIpc) is 2.24. The Morgan fingerprint density at radius 3 is 2.47 bits per heavy atom. The molecule has 94 valence electrons. The van der Waals surface area contributed by atoms with Crippen LogP contribution in [0.15, 0.2) is 10.9 Å². The zero-order chi connectivity index (χ0) is 12.6. The third kappa shape index (κ3) is 2.51. The minimum atomic E-state index is -0.162. The van der Waals surface area contributed by atoms with E-state index in [-0.39, 0.29) is 5.69 Å². The molecule has 1 aromatic rings. The molecule has 0 aromatic carbocycles. The standard InChI is InChI=1S/C13H21N3O/c1-10-9-11(15(4)12(17)14-10)16-7-5-13(2,3)6-8-16/h9H,5-8H2,1-4H3. The van der Waals surface area contributed by atoms with Gasteiger partial charge in [-0.1, -0.05) is 13.8 Å². The molecule has 1 aliphatic rings. The van der Waals surface area contributed by atoms with E-state index in [9.17, 15) is 4.79 Å². The van der Waals surface area contributed by atoms with E-state index in [1.54, 1.807) is 11.6 Å². The van der Waals surface area contributed by atoms with E-state index in [0.29, 0.717) is 5.41 Å². The van der Waals surface area contributed by atoms with Crippen LogP contribution in [0.5, 0.6) is 0 Å². The first kappa shape index (κ1) is 12.1. The van der Waals surface area contributed by atoms with Crippen molar-refractivity contribution in [1.82, 2.24) is 9.55 Å². The van der Waals surface area contributed by atoms with Gasteiger partial charge in [-0.25, -0.2) is 4.79 Å². The normalized spacial score (nSPS) is 19.4. The largest absolute Gasteiger partial charge is 0.358 e. The minimum Gasteiger partial charge on any atom is -0.358 e. The third-order valence-corrected chi connectivity index (χ3v) is 3.68. The Bertz CT molecular complexity index is 466. The molecule has 2 heterocycles. The van der Waals surface area contributed by atoms with Crippen LogP contribution in [-0.2, 0) is 7.05 Å². The van der Waals surface area contributed by atoms with Gasteiger partial charge in [-0.3, -0.25) is 4.57 Å². The lowest BCUT2D eigenvalue weighted by molar-refractivity contribution is 0.278. The highest BCUT2D eigenvalue weighted by Gasteiger charge is 2.26. The molecule has 0 N–H and O–H groups in total. The molecule has 4 nitrogen and oxygen atoms in total. The van der Waals surface area contributed by atoms with Crippen LogP contribution in [0.3, 0.4) is 0 Å². The number of hydrogen-bond donors (Lipinski definition) is 0. The smallest absolute Gasteiger partial charge is 0.349 e. The zero-order valence-corrected chi connectivity index (χ0v) is 11.2. The number of aryl methyl sites for hydroxylation is 1. The second kappa shape index (κ2) is 4.17. The lowest BCUT2D eigenvalue weighted by Crippen LogP contribution is -2.40. The van der Waals surface area contributed by atoms with E-state index in [1.165, 1.54) is 12.8 Å². The van der Waals surface area contributed by atoms with Crippen molar-refractivity contribution in [2.45, 2.75) is 33.6 Å². The number of rotatable bonds is 1. The number of hydrogen-bond acceptors (Lipinski definition) is 3. The highest BCUT2D eigenvalue weighted by atomic mass is 16.1. The molecule has 4 heteroatoms. The Morgan fingerprint density at radius 2 is 1.88 bits per heavy atom. The van der Waals surface area contributed by atoms with Gasteiger partial charge in [0.15, 0.2) is 0 Å². The van der Waals surface area contributed by atoms with Crippen molar-refractivity contribution >= 4 is 5.82 Å². The van der Waals surface area contributed by atoms with Crippen LogP contribution in [0.25, 0.3) is 0 Å². The topological polar surface area (TPSA) is 38.1 Å². The van der Waals surface area contributed by atoms with E-state index in [0.717, 1.165) is 24.6 Å². The Morgan fingerprint density at radius 1 is 1.29 bits per heavy atom. The van der Waals surface area contributed by atoms with Crippen LogP contribution in [0.1, 0.15) is 32.4 Å². The first-order chi connectivity index (χ1) is 7.89. The van der Waals surface area contributed by atoms with Gasteiger partial charge in [-0.15, -0.1) is 0 Å². The van der Waals surface area contributed by atoms with Crippen LogP contribution in [-0.4, -0.2) is 22.6 Å². The lowest BCUT2D eigenvalue weighted by atomic mass is 9.83. The minimum absolute atomic E-state index is 0.162. The maximum atomic E-state index is 11.7. The Balaban J connectivity index is 2.27. The summed E-state index contributed by atoms with van der Waals surface area (Å²) in [6.45, 7) is 8.52. The zero-order valence-electron chi connectivity index (χ0n) is 11.2. The number of nitrogens with zero attached hydrogens (tertiary/aromatic N) is 3. The summed E-state index contributed by atoms with van der Waals surface area (Å²) >= 11 is 0. The summed E-state index contributed by atoms with van der Waals surface area (Å²) in [6.07, 6.45) is 2.34. The first-order valence-corrected chi connectivity index (χ1v) is 6.19. The summed E-state index contributed by atoms with van der Waals surface area (Å²) < 4.78 is 1.64. The maximum Gasteiger partial charge on any atom is 0.349 e. The maximum absolute atomic E-state index is 11.7. The Hall–Kier alpha value is -1.32. The molecular weight excluding hydrogens is 214 g/mol. The van der Waals surface area contributed by atoms with Gasteiger partial charge in [-0.2, -0.15) is 4.98 Å². The quantitative estimate of drug-likeness (QED) is 0.744. The van der Waals surface area contributed by atoms with Gasteiger partial charge in [-0.05, 0) is 25.2 Å². The molecule has 17 heavy (non-hydrogen) atoms. The fraction of sp³-hybridized carbons (Fsp3) is 0.692. The Kier molecular flexibility index (Phi) is 2.98. The van der Waals surface area contributed by atoms with Crippen molar-refractivity contribution in [2.75, 3.05) is 18.0 Å². The summed E-state index contributed by atoms with van der Waals surface area (Å²) in [5.41, 5.74) is 1.06. The van der Waals surface area contributed by atoms with Crippen molar-refractivity contribution < 1.29 is 0 Å². The Labute approximate surface area is 102 Å². The van der Waals surface area contributed by atoms with Gasteiger partial charge < -0.3 is 4.90 Å². The van der Waals surface area contributed by atoms with Gasteiger partial charge >= 0.3 is 5.69 Å². The molecule has 0 atom stereocenters. The number of piperidine rings is 1. The predicted molar refractivity (Wildman–Crippen MR) is 69.4 cm³/mol. The summed E-state index contributed by atoms with van der Waals surface area (Å²) in [6, 6.07) is 2.00. The summed E-state index contributed by atoms with van der Waals surface area (Å²) in [4.78, 5) is 17.9. The molecule has 0 unspecified atom stereocenters. The second-order valence-corrected chi connectivity index (χ2v) is 5.75. The molecule has 0 amide bonds. The van der Waals surface area contributed by atoms with Gasteiger partial charge in [0.2, 0.25) is 0 Å². The highest BCUT2D eigenvalue weighted by molar-refractivity contribution is 5.40. The van der Waals surface area contributed by atoms with E-state index in [1.807, 2.05) is 13.0 Å². The van der Waals surface area contributed by atoms with Crippen molar-refractivity contribution in [2.24, 2.45) is 12.5 Å². The lowest BCUT2D eigenvalue weighted by Gasteiger charge is -2.38. The van der Waals surface area contributed by atoms with Crippen LogP contribution < -0.4 is 10.6 Å². The van der Waals surface area contributed by atoms with Gasteiger partial charge in [0.05, 0.1) is 0 Å². The molecule has 1 fully saturated rings.